The van der Waals surface area contributed by atoms with Gasteiger partial charge in [0.2, 0.25) is 0 Å². The number of halogens is 3. The molecular weight excluding hydrogens is 171 g/mol. The third kappa shape index (κ3) is 1.98. The maximum Gasteiger partial charge on any atom is 1.00 e. The van der Waals surface area contributed by atoms with E-state index in [4.69, 9.17) is 5.11 Å². The van der Waals surface area contributed by atoms with Crippen LogP contribution in [0.1, 0.15) is 12.8 Å². The largest absolute Gasteiger partial charge is 1.00 e. The van der Waals surface area contributed by atoms with E-state index in [1.807, 2.05) is 0 Å². The molecule has 0 aromatic heterocycles. The van der Waals surface area contributed by atoms with Crippen molar-refractivity contribution >= 4 is 6.98 Å². The first-order chi connectivity index (χ1) is 4.02. The third-order valence-corrected chi connectivity index (χ3v) is 1.90. The van der Waals surface area contributed by atoms with Crippen LogP contribution in [0, 0.1) is 0 Å². The van der Waals surface area contributed by atoms with Crippen molar-refractivity contribution in [2.75, 3.05) is 6.61 Å². The van der Waals surface area contributed by atoms with Gasteiger partial charge in [0.1, 0.15) is 0 Å². The topological polar surface area (TPSA) is 20.2 Å². The van der Waals surface area contributed by atoms with Crippen LogP contribution in [0.25, 0.3) is 0 Å². The first-order valence-corrected chi connectivity index (χ1v) is 2.82. The van der Waals surface area contributed by atoms with Crippen LogP contribution in [0.4, 0.5) is 12.9 Å². The number of aliphatic hydroxyl groups is 1. The molecule has 0 atom stereocenters. The molecule has 0 spiro atoms. The van der Waals surface area contributed by atoms with Crippen molar-refractivity contribution in [3.63, 3.8) is 0 Å². The molecule has 10 heavy (non-hydrogen) atoms. The van der Waals surface area contributed by atoms with Gasteiger partial charge >= 0.3 is 58.4 Å². The van der Waals surface area contributed by atoms with Crippen LogP contribution in [-0.4, -0.2) is 18.7 Å². The van der Waals surface area contributed by atoms with Gasteiger partial charge in [0, 0.05) is 6.61 Å². The average molecular weight is 178 g/mol. The summed E-state index contributed by atoms with van der Waals surface area (Å²) in [5, 5.41) is 6.63. The molecule has 6 heteroatoms. The molecule has 0 aromatic carbocycles. The zero-order chi connectivity index (χ0) is 7.12. The second-order valence-corrected chi connectivity index (χ2v) is 2.60. The van der Waals surface area contributed by atoms with Gasteiger partial charge in [0.05, 0.1) is 0 Å². The van der Waals surface area contributed by atoms with Gasteiger partial charge in [-0.05, 0) is 5.31 Å². The first kappa shape index (κ1) is 11.5. The van der Waals surface area contributed by atoms with Crippen molar-refractivity contribution in [2.45, 2.75) is 18.2 Å². The van der Waals surface area contributed by atoms with E-state index < -0.39 is 18.9 Å². The van der Waals surface area contributed by atoms with Crippen LogP contribution >= 0.6 is 0 Å². The zero-order valence-corrected chi connectivity index (χ0v) is 8.90. The third-order valence-electron chi connectivity index (χ3n) is 1.90. The molecule has 0 radical (unpaired) electrons. The van der Waals surface area contributed by atoms with E-state index in [1.54, 1.807) is 0 Å². The first-order valence-electron chi connectivity index (χ1n) is 2.82. The Balaban J connectivity index is 0.000000810. The molecule has 1 nitrogen and oxygen atoms in total. The van der Waals surface area contributed by atoms with E-state index in [0.717, 1.165) is 0 Å². The Morgan fingerprint density at radius 2 is 1.70 bits per heavy atom. The Labute approximate surface area is 99.8 Å². The fourth-order valence-electron chi connectivity index (χ4n) is 0.750. The van der Waals surface area contributed by atoms with E-state index in [1.165, 1.54) is 0 Å². The minimum atomic E-state index is -4.79. The summed E-state index contributed by atoms with van der Waals surface area (Å²) in [7, 11) is 0. The number of aliphatic hydroxyl groups excluding tert-OH is 1. The maximum atomic E-state index is 11.8. The van der Waals surface area contributed by atoms with Crippen molar-refractivity contribution in [1.82, 2.24) is 0 Å². The molecule has 0 saturated heterocycles. The minimum Gasteiger partial charge on any atom is -0.448 e. The summed E-state index contributed by atoms with van der Waals surface area (Å²) in [6, 6.07) is 0. The molecule has 0 bridgehead atoms. The van der Waals surface area contributed by atoms with E-state index in [0.29, 0.717) is 0 Å². The minimum absolute atomic E-state index is 0. The molecule has 1 N–H and O–H groups in total. The van der Waals surface area contributed by atoms with Crippen LogP contribution in [0.3, 0.4) is 0 Å². The quantitative estimate of drug-likeness (QED) is 0.503. The Morgan fingerprint density at radius 3 is 1.70 bits per heavy atom. The number of rotatable bonds is 2. The van der Waals surface area contributed by atoms with Crippen LogP contribution in [0.2, 0.25) is 5.31 Å². The van der Waals surface area contributed by atoms with Crippen molar-refractivity contribution in [2.24, 2.45) is 0 Å². The number of hydrogen-bond donors (Lipinski definition) is 1. The zero-order valence-electron chi connectivity index (χ0n) is 5.78. The maximum absolute atomic E-state index is 11.8. The molecule has 54 valence electrons. The predicted molar refractivity (Wildman–Crippen MR) is 28.1 cm³/mol. The molecule has 0 unspecified atom stereocenters. The van der Waals surface area contributed by atoms with Gasteiger partial charge in [-0.15, -0.1) is 0 Å². The molecular formula is C4H7BF3KO. The molecule has 1 aliphatic carbocycles. The van der Waals surface area contributed by atoms with Gasteiger partial charge < -0.3 is 18.1 Å². The number of hydrogen-bond acceptors (Lipinski definition) is 1. The van der Waals surface area contributed by atoms with Crippen molar-refractivity contribution in [3.8, 4) is 0 Å². The Morgan fingerprint density at radius 1 is 1.30 bits per heavy atom. The van der Waals surface area contributed by atoms with Crippen molar-refractivity contribution < 1.29 is 69.4 Å². The summed E-state index contributed by atoms with van der Waals surface area (Å²) in [6.45, 7) is -5.52. The van der Waals surface area contributed by atoms with Gasteiger partial charge in [-0.1, -0.05) is 12.8 Å². The molecule has 0 heterocycles. The molecule has 0 amide bonds. The smallest absolute Gasteiger partial charge is 0.448 e. The van der Waals surface area contributed by atoms with Gasteiger partial charge in [-0.2, -0.15) is 0 Å². The van der Waals surface area contributed by atoms with Crippen molar-refractivity contribution in [3.05, 3.63) is 0 Å². The second kappa shape index (κ2) is 3.45. The van der Waals surface area contributed by atoms with Gasteiger partial charge in [-0.25, -0.2) is 0 Å². The fourth-order valence-corrected chi connectivity index (χ4v) is 0.750. The summed E-state index contributed by atoms with van der Waals surface area (Å²) >= 11 is 0. The molecule has 1 fully saturated rings. The van der Waals surface area contributed by atoms with Gasteiger partial charge in [-0.3, -0.25) is 0 Å². The summed E-state index contributed by atoms with van der Waals surface area (Å²) in [4.78, 5) is 0. The summed E-state index contributed by atoms with van der Waals surface area (Å²) in [6.07, 6.45) is 0.236. The molecule has 0 aromatic rings. The summed E-state index contributed by atoms with van der Waals surface area (Å²) in [5.74, 6) is 0. The Kier molecular flexibility index (Phi) is 3.95. The Bertz CT molecular complexity index is 122. The van der Waals surface area contributed by atoms with Crippen LogP contribution < -0.4 is 51.4 Å². The summed E-state index contributed by atoms with van der Waals surface area (Å²) in [5.41, 5.74) is 0. The SMILES string of the molecule is OCC1([B-](F)(F)F)CC1.[K+]. The van der Waals surface area contributed by atoms with E-state index in [9.17, 15) is 12.9 Å². The Hall–Kier alpha value is 1.45. The van der Waals surface area contributed by atoms with Crippen LogP contribution in [0.15, 0.2) is 0 Å². The molecule has 1 aliphatic rings. The monoisotopic (exact) mass is 178 g/mol. The van der Waals surface area contributed by atoms with Crippen LogP contribution in [0.5, 0.6) is 0 Å². The van der Waals surface area contributed by atoms with Gasteiger partial charge in [0.25, 0.3) is 0 Å². The second-order valence-electron chi connectivity index (χ2n) is 2.60. The fraction of sp³-hybridized carbons (Fsp3) is 1.00. The van der Waals surface area contributed by atoms with E-state index in [-0.39, 0.29) is 64.2 Å². The summed E-state index contributed by atoms with van der Waals surface area (Å²) < 4.78 is 35.4. The predicted octanol–water partition coefficient (Wildman–Crippen LogP) is -1.64. The van der Waals surface area contributed by atoms with Gasteiger partial charge in [0.15, 0.2) is 0 Å². The standard InChI is InChI=1S/C4H7BF3O.K/c6-5(7,8)4(3-9)1-2-4;/h9H,1-3H2;/q-1;+1. The van der Waals surface area contributed by atoms with Crippen molar-refractivity contribution in [1.29, 1.82) is 0 Å². The molecule has 1 rings (SSSR count). The normalized spacial score (nSPS) is 21.6. The average Bonchev–Trinajstić information content (AvgIpc) is 2.40. The van der Waals surface area contributed by atoms with E-state index in [2.05, 4.69) is 0 Å². The molecule has 0 aliphatic heterocycles. The molecule has 1 saturated carbocycles. The van der Waals surface area contributed by atoms with E-state index >= 15 is 0 Å². The van der Waals surface area contributed by atoms with Crippen LogP contribution in [-0.2, 0) is 0 Å².